The number of carboxylic acid groups (broad SMARTS) is 1. The van der Waals surface area contributed by atoms with Crippen LogP contribution in [0.5, 0.6) is 0 Å². The predicted molar refractivity (Wildman–Crippen MR) is 77.2 cm³/mol. The third kappa shape index (κ3) is 3.86. The zero-order valence-electron chi connectivity index (χ0n) is 9.64. The van der Waals surface area contributed by atoms with Gasteiger partial charge in [0.05, 0.1) is 10.6 Å². The molecule has 2 aromatic rings. The highest BCUT2D eigenvalue weighted by atomic mass is 35.5. The third-order valence-corrected chi connectivity index (χ3v) is 3.96. The lowest BCUT2D eigenvalue weighted by Crippen LogP contribution is -1.96. The summed E-state index contributed by atoms with van der Waals surface area (Å²) < 4.78 is 0. The second-order valence-corrected chi connectivity index (χ2v) is 5.55. The van der Waals surface area contributed by atoms with E-state index in [-0.39, 0.29) is 5.56 Å². The third-order valence-electron chi connectivity index (χ3n) is 2.37. The molecule has 0 atom stereocenters. The average molecular weight is 314 g/mol. The van der Waals surface area contributed by atoms with Crippen molar-refractivity contribution in [2.45, 2.75) is 10.8 Å². The van der Waals surface area contributed by atoms with Crippen molar-refractivity contribution in [2.75, 3.05) is 0 Å². The molecule has 0 aliphatic carbocycles. The Balaban J connectivity index is 2.06. The van der Waals surface area contributed by atoms with E-state index in [4.69, 9.17) is 28.3 Å². The topological polar surface area (TPSA) is 50.2 Å². The van der Waals surface area contributed by atoms with Crippen molar-refractivity contribution in [1.29, 1.82) is 0 Å². The molecular weight excluding hydrogens is 305 g/mol. The van der Waals surface area contributed by atoms with E-state index in [1.165, 1.54) is 24.0 Å². The number of rotatable bonds is 4. The van der Waals surface area contributed by atoms with E-state index in [1.54, 1.807) is 18.2 Å². The van der Waals surface area contributed by atoms with Gasteiger partial charge in [-0.25, -0.2) is 9.78 Å². The van der Waals surface area contributed by atoms with Crippen LogP contribution in [0.4, 0.5) is 0 Å². The van der Waals surface area contributed by atoms with Gasteiger partial charge in [-0.3, -0.25) is 0 Å². The smallest absolute Gasteiger partial charge is 0.337 e. The minimum atomic E-state index is -0.984. The van der Waals surface area contributed by atoms with Crippen LogP contribution in [0, 0.1) is 0 Å². The molecule has 0 aliphatic rings. The molecule has 0 saturated carbocycles. The first-order valence-electron chi connectivity index (χ1n) is 5.32. The zero-order valence-corrected chi connectivity index (χ0v) is 12.0. The Morgan fingerprint density at radius 3 is 2.68 bits per heavy atom. The van der Waals surface area contributed by atoms with Gasteiger partial charge < -0.3 is 5.11 Å². The fraction of sp³-hybridized carbons (Fsp3) is 0.0769. The minimum Gasteiger partial charge on any atom is -0.478 e. The van der Waals surface area contributed by atoms with E-state index in [9.17, 15) is 4.79 Å². The van der Waals surface area contributed by atoms with Crippen molar-refractivity contribution in [2.24, 2.45) is 0 Å². The Morgan fingerprint density at radius 1 is 1.26 bits per heavy atom. The van der Waals surface area contributed by atoms with Crippen molar-refractivity contribution in [3.63, 3.8) is 0 Å². The van der Waals surface area contributed by atoms with Crippen LogP contribution in [0.2, 0.25) is 10.0 Å². The Kier molecular flexibility index (Phi) is 4.69. The molecule has 98 valence electrons. The number of hydrogen-bond acceptors (Lipinski definition) is 3. The Morgan fingerprint density at radius 2 is 2.05 bits per heavy atom. The monoisotopic (exact) mass is 313 g/mol. The number of benzene rings is 1. The number of aromatic nitrogens is 1. The summed E-state index contributed by atoms with van der Waals surface area (Å²) in [5.41, 5.74) is 1.09. The summed E-state index contributed by atoms with van der Waals surface area (Å²) >= 11 is 13.4. The van der Waals surface area contributed by atoms with Gasteiger partial charge in [-0.15, -0.1) is 11.8 Å². The van der Waals surface area contributed by atoms with Crippen LogP contribution in [-0.4, -0.2) is 16.1 Å². The predicted octanol–water partition coefficient (Wildman–Crippen LogP) is 4.38. The number of carboxylic acids is 1. The fourth-order valence-electron chi connectivity index (χ4n) is 1.40. The van der Waals surface area contributed by atoms with Crippen molar-refractivity contribution < 1.29 is 9.90 Å². The van der Waals surface area contributed by atoms with Crippen molar-refractivity contribution >= 4 is 40.9 Å². The largest absolute Gasteiger partial charge is 0.478 e. The van der Waals surface area contributed by atoms with Gasteiger partial charge in [0.1, 0.15) is 0 Å². The summed E-state index contributed by atoms with van der Waals surface area (Å²) in [5.74, 6) is -0.360. The van der Waals surface area contributed by atoms with Gasteiger partial charge in [0.15, 0.2) is 0 Å². The Hall–Kier alpha value is -1.23. The first kappa shape index (κ1) is 14.2. The summed E-state index contributed by atoms with van der Waals surface area (Å²) in [6, 6.07) is 8.49. The summed E-state index contributed by atoms with van der Waals surface area (Å²) in [6.45, 7) is 0. The van der Waals surface area contributed by atoms with Crippen LogP contribution in [0.25, 0.3) is 0 Å². The molecule has 0 fully saturated rings. The number of carbonyl (C=O) groups is 1. The molecule has 1 aromatic carbocycles. The van der Waals surface area contributed by atoms with Gasteiger partial charge in [-0.05, 0) is 35.9 Å². The highest BCUT2D eigenvalue weighted by Gasteiger charge is 2.05. The van der Waals surface area contributed by atoms with Gasteiger partial charge in [0.2, 0.25) is 0 Å². The molecule has 0 radical (unpaired) electrons. The standard InChI is InChI=1S/C13H9Cl2NO2S/c14-10-2-3-11(15)9(5-10)7-19-12-4-1-8(6-16-12)13(17)18/h1-6H,7H2,(H,17,18). The van der Waals surface area contributed by atoms with Gasteiger partial charge in [0.25, 0.3) is 0 Å². The molecule has 1 aromatic heterocycles. The molecule has 0 aliphatic heterocycles. The van der Waals surface area contributed by atoms with E-state index >= 15 is 0 Å². The molecule has 6 heteroatoms. The van der Waals surface area contributed by atoms with Gasteiger partial charge in [0, 0.05) is 22.0 Å². The van der Waals surface area contributed by atoms with E-state index in [0.717, 1.165) is 10.6 Å². The molecule has 0 spiro atoms. The summed E-state index contributed by atoms with van der Waals surface area (Å²) in [4.78, 5) is 14.8. The number of pyridine rings is 1. The molecule has 1 N–H and O–H groups in total. The Bertz CT molecular complexity index is 602. The van der Waals surface area contributed by atoms with Gasteiger partial charge in [-0.1, -0.05) is 23.2 Å². The van der Waals surface area contributed by atoms with E-state index in [1.807, 2.05) is 6.07 Å². The Labute approximate surface area is 124 Å². The molecular formula is C13H9Cl2NO2S. The van der Waals surface area contributed by atoms with Crippen LogP contribution < -0.4 is 0 Å². The molecule has 0 saturated heterocycles. The number of hydrogen-bond donors (Lipinski definition) is 1. The number of thioether (sulfide) groups is 1. The van der Waals surface area contributed by atoms with E-state index < -0.39 is 5.97 Å². The maximum Gasteiger partial charge on any atom is 0.337 e. The highest BCUT2D eigenvalue weighted by Crippen LogP contribution is 2.27. The molecule has 19 heavy (non-hydrogen) atoms. The van der Waals surface area contributed by atoms with Crippen molar-refractivity contribution in [3.05, 3.63) is 57.7 Å². The summed E-state index contributed by atoms with van der Waals surface area (Å²) in [6.07, 6.45) is 1.34. The molecule has 0 bridgehead atoms. The lowest BCUT2D eigenvalue weighted by atomic mass is 10.2. The number of nitrogens with zero attached hydrogens (tertiary/aromatic N) is 1. The van der Waals surface area contributed by atoms with Crippen molar-refractivity contribution in [1.82, 2.24) is 4.98 Å². The first-order valence-corrected chi connectivity index (χ1v) is 7.06. The maximum atomic E-state index is 10.7. The van der Waals surface area contributed by atoms with E-state index in [2.05, 4.69) is 4.98 Å². The normalized spacial score (nSPS) is 10.4. The molecule has 2 rings (SSSR count). The molecule has 0 amide bonds. The van der Waals surface area contributed by atoms with Gasteiger partial charge in [-0.2, -0.15) is 0 Å². The lowest BCUT2D eigenvalue weighted by molar-refractivity contribution is 0.0696. The molecule has 3 nitrogen and oxygen atoms in total. The van der Waals surface area contributed by atoms with Crippen molar-refractivity contribution in [3.8, 4) is 0 Å². The van der Waals surface area contributed by atoms with Crippen LogP contribution in [0.3, 0.4) is 0 Å². The zero-order chi connectivity index (χ0) is 13.8. The van der Waals surface area contributed by atoms with Crippen LogP contribution in [0.15, 0.2) is 41.6 Å². The van der Waals surface area contributed by atoms with Gasteiger partial charge >= 0.3 is 5.97 Å². The summed E-state index contributed by atoms with van der Waals surface area (Å²) in [7, 11) is 0. The van der Waals surface area contributed by atoms with Crippen LogP contribution in [0.1, 0.15) is 15.9 Å². The highest BCUT2D eigenvalue weighted by molar-refractivity contribution is 7.98. The quantitative estimate of drug-likeness (QED) is 0.851. The molecule has 1 heterocycles. The van der Waals surface area contributed by atoms with Crippen LogP contribution >= 0.6 is 35.0 Å². The number of halogens is 2. The average Bonchev–Trinajstić information content (AvgIpc) is 2.40. The number of aromatic carboxylic acids is 1. The fourth-order valence-corrected chi connectivity index (χ4v) is 2.69. The minimum absolute atomic E-state index is 0.171. The van der Waals surface area contributed by atoms with E-state index in [0.29, 0.717) is 15.8 Å². The second kappa shape index (κ2) is 6.28. The maximum absolute atomic E-state index is 10.7. The van der Waals surface area contributed by atoms with Crippen LogP contribution in [-0.2, 0) is 5.75 Å². The first-order chi connectivity index (χ1) is 9.06. The molecule has 0 unspecified atom stereocenters. The summed E-state index contributed by atoms with van der Waals surface area (Å²) in [5, 5.41) is 10.8. The second-order valence-electron chi connectivity index (χ2n) is 3.71. The SMILES string of the molecule is O=C(O)c1ccc(SCc2cc(Cl)ccc2Cl)nc1. The lowest BCUT2D eigenvalue weighted by Gasteiger charge is -2.04.